The van der Waals surface area contributed by atoms with Gasteiger partial charge in [-0.2, -0.15) is 4.58 Å². The van der Waals surface area contributed by atoms with Crippen LogP contribution in [0.25, 0.3) is 38.5 Å². The summed E-state index contributed by atoms with van der Waals surface area (Å²) in [4.78, 5) is 2.15. The molecule has 0 unspecified atom stereocenters. The Bertz CT molecular complexity index is 2050. The SMILES string of the molecule is CCn1c2ccccc2c2cc(C(c3ccc(N(C)C)cc3)=c3ccc4c(c3)-c3ccccc3[N+]=4CC)ccc21.[I-]. The van der Waals surface area contributed by atoms with Crippen molar-refractivity contribution in [3.05, 3.63) is 131 Å². The summed E-state index contributed by atoms with van der Waals surface area (Å²) in [7, 11) is 4.18. The molecule has 0 amide bonds. The van der Waals surface area contributed by atoms with Crippen LogP contribution in [0, 0.1) is 0 Å². The lowest BCUT2D eigenvalue weighted by atomic mass is 9.93. The van der Waals surface area contributed by atoms with Gasteiger partial charge in [-0.3, -0.25) is 0 Å². The normalized spacial score (nSPS) is 12.7. The second-order valence-corrected chi connectivity index (χ2v) is 10.8. The first-order valence-electron chi connectivity index (χ1n) is 14.3. The van der Waals surface area contributed by atoms with E-state index in [9.17, 15) is 0 Å². The second kappa shape index (κ2) is 10.8. The third-order valence-electron chi connectivity index (χ3n) is 8.43. The fraction of sp³-hybridized carbons (Fsp3) is 0.162. The van der Waals surface area contributed by atoms with Gasteiger partial charge in [0.25, 0.3) is 0 Å². The van der Waals surface area contributed by atoms with Crippen LogP contribution >= 0.6 is 0 Å². The summed E-state index contributed by atoms with van der Waals surface area (Å²) in [6.07, 6.45) is 0. The molecule has 1 aliphatic rings. The number of hydrogen-bond donors (Lipinski definition) is 0. The number of rotatable bonds is 5. The monoisotopic (exact) mass is 647 g/mol. The molecule has 0 radical (unpaired) electrons. The maximum absolute atomic E-state index is 2.42. The molecule has 1 aliphatic heterocycles. The third-order valence-corrected chi connectivity index (χ3v) is 8.43. The van der Waals surface area contributed by atoms with Gasteiger partial charge < -0.3 is 33.4 Å². The molecule has 0 saturated heterocycles. The lowest BCUT2D eigenvalue weighted by molar-refractivity contribution is -0.00000787. The van der Waals surface area contributed by atoms with Crippen LogP contribution in [0.5, 0.6) is 0 Å². The van der Waals surface area contributed by atoms with Gasteiger partial charge in [-0.25, -0.2) is 0 Å². The Hall–Kier alpha value is -3.90. The van der Waals surface area contributed by atoms with Crippen molar-refractivity contribution in [2.24, 2.45) is 0 Å². The van der Waals surface area contributed by atoms with Crippen molar-refractivity contribution >= 4 is 38.8 Å². The van der Waals surface area contributed by atoms with E-state index >= 15 is 0 Å². The minimum Gasteiger partial charge on any atom is -1.00 e. The molecule has 5 aromatic carbocycles. The molecule has 4 heteroatoms. The molecular formula is C37H34IN3. The lowest BCUT2D eigenvalue weighted by Crippen LogP contribution is -3.00. The first-order valence-corrected chi connectivity index (χ1v) is 14.3. The van der Waals surface area contributed by atoms with Crippen LogP contribution in [0.1, 0.15) is 25.0 Å². The van der Waals surface area contributed by atoms with Gasteiger partial charge in [0.2, 0.25) is 11.0 Å². The van der Waals surface area contributed by atoms with Crippen LogP contribution in [0.4, 0.5) is 11.4 Å². The van der Waals surface area contributed by atoms with E-state index in [0.29, 0.717) is 0 Å². The third kappa shape index (κ3) is 4.36. The summed E-state index contributed by atoms with van der Waals surface area (Å²) in [5.41, 5.74) is 11.4. The Morgan fingerprint density at radius 3 is 2.15 bits per heavy atom. The quantitative estimate of drug-likeness (QED) is 0.204. The van der Waals surface area contributed by atoms with Gasteiger partial charge in [-0.05, 0) is 84.3 Å². The Morgan fingerprint density at radius 1 is 0.683 bits per heavy atom. The molecule has 2 heterocycles. The van der Waals surface area contributed by atoms with E-state index in [1.165, 1.54) is 71.6 Å². The molecule has 0 saturated carbocycles. The standard InChI is InChI=1S/C37H34N3.HI/c1-5-39-33-13-9-7-11-29(33)31-23-26(17-21-35(31)39)37(25-15-19-28(20-16-25)38(3)4)27-18-22-36-32(24-27)30-12-8-10-14-34(30)40(36)6-2;/h7-24H,5-6H2,1-4H3;1H/q+1;/p-1. The predicted molar refractivity (Wildman–Crippen MR) is 170 cm³/mol. The number of aromatic nitrogens is 1. The summed E-state index contributed by atoms with van der Waals surface area (Å²) < 4.78 is 4.84. The average molecular weight is 648 g/mol. The summed E-state index contributed by atoms with van der Waals surface area (Å²) in [6.45, 7) is 6.35. The largest absolute Gasteiger partial charge is 1.00 e. The zero-order valence-corrected chi connectivity index (χ0v) is 26.2. The van der Waals surface area contributed by atoms with Crippen LogP contribution in [-0.4, -0.2) is 25.2 Å². The van der Waals surface area contributed by atoms with E-state index in [0.717, 1.165) is 13.1 Å². The predicted octanol–water partition coefficient (Wildman–Crippen LogP) is 3.95. The van der Waals surface area contributed by atoms with Crippen LogP contribution in [0.2, 0.25) is 0 Å². The number of benzene rings is 5. The van der Waals surface area contributed by atoms with Crippen molar-refractivity contribution in [2.75, 3.05) is 25.5 Å². The van der Waals surface area contributed by atoms with Crippen molar-refractivity contribution in [1.82, 2.24) is 9.14 Å². The fourth-order valence-corrected chi connectivity index (χ4v) is 6.53. The maximum Gasteiger partial charge on any atom is 0.213 e. The number of para-hydroxylation sites is 2. The van der Waals surface area contributed by atoms with E-state index < -0.39 is 0 Å². The summed E-state index contributed by atoms with van der Waals surface area (Å²) >= 11 is 0. The van der Waals surface area contributed by atoms with E-state index in [4.69, 9.17) is 0 Å². The topological polar surface area (TPSA) is 11.2 Å². The first-order chi connectivity index (χ1) is 19.6. The molecule has 0 N–H and O–H groups in total. The molecule has 1 aromatic heterocycles. The van der Waals surface area contributed by atoms with Gasteiger partial charge in [-0.15, -0.1) is 0 Å². The maximum atomic E-state index is 2.42. The minimum atomic E-state index is 0. The Kier molecular flexibility index (Phi) is 7.20. The molecule has 0 bridgehead atoms. The smallest absolute Gasteiger partial charge is 0.213 e. The van der Waals surface area contributed by atoms with Gasteiger partial charge in [-0.1, -0.05) is 48.5 Å². The van der Waals surface area contributed by atoms with E-state index in [1.54, 1.807) is 0 Å². The van der Waals surface area contributed by atoms with Gasteiger partial charge in [0, 0.05) is 60.3 Å². The fourth-order valence-electron chi connectivity index (χ4n) is 6.53. The number of halogens is 1. The lowest BCUT2D eigenvalue weighted by Gasteiger charge is -2.15. The van der Waals surface area contributed by atoms with Crippen LogP contribution < -0.4 is 44.0 Å². The first kappa shape index (κ1) is 27.3. The van der Waals surface area contributed by atoms with Crippen molar-refractivity contribution in [3.63, 3.8) is 0 Å². The Labute approximate surface area is 258 Å². The molecular weight excluding hydrogens is 613 g/mol. The molecule has 0 aliphatic carbocycles. The minimum absolute atomic E-state index is 0. The highest BCUT2D eigenvalue weighted by molar-refractivity contribution is 6.09. The van der Waals surface area contributed by atoms with E-state index in [-0.39, 0.29) is 24.0 Å². The zero-order chi connectivity index (χ0) is 27.4. The number of hydrogen-bond acceptors (Lipinski definition) is 1. The van der Waals surface area contributed by atoms with Crippen molar-refractivity contribution < 1.29 is 24.0 Å². The highest BCUT2D eigenvalue weighted by Gasteiger charge is 2.26. The van der Waals surface area contributed by atoms with Crippen LogP contribution in [-0.2, 0) is 6.54 Å². The average Bonchev–Trinajstić information content (AvgIpc) is 3.49. The number of aryl methyl sites for hydroxylation is 1. The molecule has 0 spiro atoms. The zero-order valence-electron chi connectivity index (χ0n) is 24.0. The summed E-state index contributed by atoms with van der Waals surface area (Å²) in [5.74, 6) is 0. The highest BCUT2D eigenvalue weighted by atomic mass is 127. The molecule has 6 aromatic rings. The van der Waals surface area contributed by atoms with E-state index in [2.05, 4.69) is 151 Å². The Balaban J connectivity index is 0.00000302. The summed E-state index contributed by atoms with van der Waals surface area (Å²) in [5, 5.41) is 5.14. The molecule has 204 valence electrons. The molecule has 3 nitrogen and oxygen atoms in total. The summed E-state index contributed by atoms with van der Waals surface area (Å²) in [6, 6.07) is 40.6. The van der Waals surface area contributed by atoms with Gasteiger partial charge >= 0.3 is 0 Å². The Morgan fingerprint density at radius 2 is 1.39 bits per heavy atom. The van der Waals surface area contributed by atoms with Crippen molar-refractivity contribution in [1.29, 1.82) is 0 Å². The van der Waals surface area contributed by atoms with Crippen LogP contribution in [0.3, 0.4) is 0 Å². The van der Waals surface area contributed by atoms with Gasteiger partial charge in [0.15, 0.2) is 0 Å². The van der Waals surface area contributed by atoms with Crippen molar-refractivity contribution in [3.8, 4) is 11.1 Å². The number of anilines is 1. The van der Waals surface area contributed by atoms with E-state index in [1.807, 2.05) is 0 Å². The number of nitrogens with zero attached hydrogens (tertiary/aromatic N) is 3. The molecule has 41 heavy (non-hydrogen) atoms. The molecule has 0 atom stereocenters. The van der Waals surface area contributed by atoms with Crippen molar-refractivity contribution in [2.45, 2.75) is 20.4 Å². The second-order valence-electron chi connectivity index (χ2n) is 10.8. The van der Waals surface area contributed by atoms with Crippen LogP contribution in [0.15, 0.2) is 109 Å². The molecule has 0 fully saturated rings. The molecule has 7 rings (SSSR count). The number of fused-ring (bicyclic) bond motifs is 6. The van der Waals surface area contributed by atoms with Gasteiger partial charge in [0.1, 0.15) is 6.54 Å². The highest BCUT2D eigenvalue weighted by Crippen LogP contribution is 2.34. The van der Waals surface area contributed by atoms with Gasteiger partial charge in [0.05, 0.1) is 11.1 Å².